The molecular weight excluding hydrogens is 396 g/mol. The van der Waals surface area contributed by atoms with Gasteiger partial charge in [-0.2, -0.15) is 0 Å². The monoisotopic (exact) mass is 418 g/mol. The van der Waals surface area contributed by atoms with Crippen LogP contribution in [0.15, 0.2) is 75.9 Å². The molecule has 0 fully saturated rings. The second kappa shape index (κ2) is 8.89. The molecule has 158 valence electrons. The lowest BCUT2D eigenvalue weighted by atomic mass is 10.1. The molecule has 0 unspecified atom stereocenters. The van der Waals surface area contributed by atoms with Crippen molar-refractivity contribution < 1.29 is 18.7 Å². The van der Waals surface area contributed by atoms with Crippen LogP contribution in [0.4, 0.5) is 4.79 Å². The molecule has 1 heterocycles. The van der Waals surface area contributed by atoms with E-state index in [-0.39, 0.29) is 5.43 Å². The summed E-state index contributed by atoms with van der Waals surface area (Å²) in [5.41, 5.74) is 2.05. The second-order valence-corrected chi connectivity index (χ2v) is 7.16. The second-order valence-electron chi connectivity index (χ2n) is 7.16. The first-order valence-electron chi connectivity index (χ1n) is 9.79. The van der Waals surface area contributed by atoms with E-state index in [4.69, 9.17) is 13.9 Å². The minimum absolute atomic E-state index is 0.0515. The van der Waals surface area contributed by atoms with Crippen LogP contribution in [-0.4, -0.2) is 31.8 Å². The van der Waals surface area contributed by atoms with Crippen molar-refractivity contribution in [1.82, 2.24) is 10.2 Å². The first kappa shape index (κ1) is 20.4. The van der Waals surface area contributed by atoms with Crippen LogP contribution in [0.3, 0.4) is 0 Å². The van der Waals surface area contributed by atoms with E-state index in [1.807, 2.05) is 36.2 Å². The molecule has 4 aromatic rings. The zero-order valence-electron chi connectivity index (χ0n) is 17.3. The molecule has 0 saturated carbocycles. The summed E-state index contributed by atoms with van der Waals surface area (Å²) in [5, 5.41) is 3.50. The van der Waals surface area contributed by atoms with E-state index in [9.17, 15) is 9.59 Å². The molecule has 7 nitrogen and oxygen atoms in total. The topological polar surface area (TPSA) is 81.0 Å². The quantitative estimate of drug-likeness (QED) is 0.375. The number of amides is 1. The Labute approximate surface area is 178 Å². The fraction of sp³-hybridized carbons (Fsp3) is 0.167. The number of para-hydroxylation sites is 1. The lowest BCUT2D eigenvalue weighted by Crippen LogP contribution is -2.23. The van der Waals surface area contributed by atoms with Crippen LogP contribution in [0.25, 0.3) is 21.9 Å². The van der Waals surface area contributed by atoms with Crippen LogP contribution < -0.4 is 20.2 Å². The van der Waals surface area contributed by atoms with E-state index in [1.54, 1.807) is 42.5 Å². The van der Waals surface area contributed by atoms with E-state index >= 15 is 0 Å². The van der Waals surface area contributed by atoms with Gasteiger partial charge >= 0.3 is 6.09 Å². The highest BCUT2D eigenvalue weighted by Gasteiger charge is 2.09. The lowest BCUT2D eigenvalue weighted by molar-refractivity contribution is 0.147. The van der Waals surface area contributed by atoms with Gasteiger partial charge < -0.3 is 19.2 Å². The molecule has 0 spiro atoms. The van der Waals surface area contributed by atoms with Gasteiger partial charge in [0.15, 0.2) is 0 Å². The molecule has 0 aliphatic heterocycles. The number of rotatable bonds is 6. The van der Waals surface area contributed by atoms with Crippen molar-refractivity contribution in [2.24, 2.45) is 0 Å². The van der Waals surface area contributed by atoms with Crippen LogP contribution in [0.2, 0.25) is 0 Å². The summed E-state index contributed by atoms with van der Waals surface area (Å²) in [7, 11) is 3.45. The predicted octanol–water partition coefficient (Wildman–Crippen LogP) is 4.13. The van der Waals surface area contributed by atoms with Gasteiger partial charge in [-0.1, -0.05) is 24.3 Å². The van der Waals surface area contributed by atoms with Crippen LogP contribution in [0.1, 0.15) is 5.56 Å². The molecule has 0 aliphatic carbocycles. The zero-order valence-corrected chi connectivity index (χ0v) is 17.3. The van der Waals surface area contributed by atoms with Crippen molar-refractivity contribution in [3.63, 3.8) is 0 Å². The van der Waals surface area contributed by atoms with Crippen LogP contribution in [-0.2, 0) is 6.54 Å². The van der Waals surface area contributed by atoms with Gasteiger partial charge in [0.25, 0.3) is 0 Å². The van der Waals surface area contributed by atoms with E-state index in [0.717, 1.165) is 5.56 Å². The number of fused-ring (bicyclic) bond motifs is 2. The van der Waals surface area contributed by atoms with Crippen molar-refractivity contribution in [2.75, 3.05) is 20.8 Å². The molecule has 1 amide bonds. The minimum atomic E-state index is -0.502. The van der Waals surface area contributed by atoms with Gasteiger partial charge in [0, 0.05) is 19.7 Å². The molecule has 0 radical (unpaired) electrons. The average Bonchev–Trinajstić information content (AvgIpc) is 2.79. The molecule has 4 rings (SSSR count). The number of hydrogen-bond acceptors (Lipinski definition) is 6. The Morgan fingerprint density at radius 1 is 0.968 bits per heavy atom. The highest BCUT2D eigenvalue weighted by Crippen LogP contribution is 2.23. The molecule has 0 bridgehead atoms. The Balaban J connectivity index is 1.41. The molecule has 3 aromatic carbocycles. The maximum absolute atomic E-state index is 12.6. The minimum Gasteiger partial charge on any atom is -0.478 e. The van der Waals surface area contributed by atoms with Crippen molar-refractivity contribution in [3.05, 3.63) is 82.5 Å². The van der Waals surface area contributed by atoms with Gasteiger partial charge in [-0.25, -0.2) is 4.79 Å². The lowest BCUT2D eigenvalue weighted by Gasteiger charge is -2.18. The molecule has 0 aliphatic rings. The number of carbonyl (C=O) groups is 1. The average molecular weight is 418 g/mol. The molecular formula is C24H22N2O5. The standard InChI is InChI=1S/C24H22N2O5/c1-25-24(28)30-17-9-7-16(8-10-17)14-26(2)15-29-18-11-12-20-22(13-18)31-21-6-4-3-5-19(21)23(20)27/h3-13H,14-15H2,1-2H3,(H,25,28). The van der Waals surface area contributed by atoms with Crippen LogP contribution in [0.5, 0.6) is 11.5 Å². The maximum atomic E-state index is 12.6. The third-order valence-electron chi connectivity index (χ3n) is 4.79. The summed E-state index contributed by atoms with van der Waals surface area (Å²) in [4.78, 5) is 25.9. The Bertz CT molecular complexity index is 1280. The predicted molar refractivity (Wildman–Crippen MR) is 118 cm³/mol. The van der Waals surface area contributed by atoms with Crippen LogP contribution in [0, 0.1) is 0 Å². The van der Waals surface area contributed by atoms with Crippen LogP contribution >= 0.6 is 0 Å². The Morgan fingerprint density at radius 2 is 1.68 bits per heavy atom. The van der Waals surface area contributed by atoms with Gasteiger partial charge in [0.05, 0.1) is 10.8 Å². The van der Waals surface area contributed by atoms with Crippen molar-refractivity contribution in [1.29, 1.82) is 0 Å². The summed E-state index contributed by atoms with van der Waals surface area (Å²) in [5.74, 6) is 1.10. The number of hydrogen-bond donors (Lipinski definition) is 1. The van der Waals surface area contributed by atoms with E-state index < -0.39 is 6.09 Å². The van der Waals surface area contributed by atoms with Crippen molar-refractivity contribution in [3.8, 4) is 11.5 Å². The third-order valence-corrected chi connectivity index (χ3v) is 4.79. The molecule has 0 atom stereocenters. The highest BCUT2D eigenvalue weighted by molar-refractivity contribution is 5.90. The zero-order chi connectivity index (χ0) is 21.8. The summed E-state index contributed by atoms with van der Waals surface area (Å²) in [6.07, 6.45) is -0.502. The Hall–Kier alpha value is -3.84. The molecule has 1 aromatic heterocycles. The number of nitrogens with zero attached hydrogens (tertiary/aromatic N) is 1. The molecule has 7 heteroatoms. The summed E-state index contributed by atoms with van der Waals surface area (Å²) in [6, 6.07) is 19.7. The molecule has 1 N–H and O–H groups in total. The number of carbonyl (C=O) groups excluding carboxylic acids is 1. The van der Waals surface area contributed by atoms with Gasteiger partial charge in [0.2, 0.25) is 5.43 Å². The maximum Gasteiger partial charge on any atom is 0.412 e. The molecule has 31 heavy (non-hydrogen) atoms. The Morgan fingerprint density at radius 3 is 2.45 bits per heavy atom. The number of ether oxygens (including phenoxy) is 2. The largest absolute Gasteiger partial charge is 0.478 e. The number of nitrogens with one attached hydrogen (secondary N) is 1. The molecule has 0 saturated heterocycles. The van der Waals surface area contributed by atoms with Gasteiger partial charge in [-0.05, 0) is 49.0 Å². The number of benzene rings is 3. The van der Waals surface area contributed by atoms with E-state index in [0.29, 0.717) is 46.7 Å². The van der Waals surface area contributed by atoms with Gasteiger partial charge in [0.1, 0.15) is 29.4 Å². The van der Waals surface area contributed by atoms with Gasteiger partial charge in [-0.15, -0.1) is 0 Å². The highest BCUT2D eigenvalue weighted by atomic mass is 16.6. The first-order chi connectivity index (χ1) is 15.0. The van der Waals surface area contributed by atoms with E-state index in [2.05, 4.69) is 5.32 Å². The van der Waals surface area contributed by atoms with Crippen molar-refractivity contribution in [2.45, 2.75) is 6.54 Å². The third kappa shape index (κ3) is 4.67. The van der Waals surface area contributed by atoms with Gasteiger partial charge in [-0.3, -0.25) is 9.69 Å². The normalized spacial score (nSPS) is 11.1. The first-order valence-corrected chi connectivity index (χ1v) is 9.79. The SMILES string of the molecule is CNC(=O)Oc1ccc(CN(C)COc2ccc3c(=O)c4ccccc4oc3c2)cc1. The summed E-state index contributed by atoms with van der Waals surface area (Å²) < 4.78 is 16.8. The Kier molecular flexibility index (Phi) is 5.86. The summed E-state index contributed by atoms with van der Waals surface area (Å²) in [6.45, 7) is 0.993. The van der Waals surface area contributed by atoms with Crippen molar-refractivity contribution >= 4 is 28.0 Å². The smallest absolute Gasteiger partial charge is 0.412 e. The summed E-state index contributed by atoms with van der Waals surface area (Å²) >= 11 is 0. The van der Waals surface area contributed by atoms with E-state index in [1.165, 1.54) is 7.05 Å². The fourth-order valence-corrected chi connectivity index (χ4v) is 3.23. The fourth-order valence-electron chi connectivity index (χ4n) is 3.23.